The molecule has 3 atom stereocenters. The number of rotatable bonds is 3. The van der Waals surface area contributed by atoms with Crippen LogP contribution in [0, 0.1) is 29.0 Å². The van der Waals surface area contributed by atoms with Crippen LogP contribution in [0.5, 0.6) is 0 Å². The van der Waals surface area contributed by atoms with Crippen molar-refractivity contribution in [1.29, 1.82) is 5.26 Å². The van der Waals surface area contributed by atoms with Crippen LogP contribution in [0.1, 0.15) is 44.5 Å². The maximum absolute atomic E-state index is 14.5. The van der Waals surface area contributed by atoms with Gasteiger partial charge >= 0.3 is 0 Å². The van der Waals surface area contributed by atoms with E-state index in [1.165, 1.54) is 6.07 Å². The summed E-state index contributed by atoms with van der Waals surface area (Å²) in [6, 6.07) is 6.15. The average Bonchev–Trinajstić information content (AvgIpc) is 3.07. The molecule has 1 aliphatic rings. The SMILES string of the molecule is CC1CCN(c2cnc3c(C#N)nn(C(C)c4ccc(Cl)cc4F)c3n2)CC1C. The van der Waals surface area contributed by atoms with Crippen molar-refractivity contribution in [1.82, 2.24) is 19.7 Å². The van der Waals surface area contributed by atoms with Crippen molar-refractivity contribution in [2.24, 2.45) is 11.8 Å². The zero-order valence-corrected chi connectivity index (χ0v) is 17.4. The van der Waals surface area contributed by atoms with E-state index in [0.717, 1.165) is 25.3 Å². The van der Waals surface area contributed by atoms with E-state index in [0.29, 0.717) is 33.6 Å². The van der Waals surface area contributed by atoms with Crippen molar-refractivity contribution in [2.45, 2.75) is 33.2 Å². The van der Waals surface area contributed by atoms with Gasteiger partial charge in [0.1, 0.15) is 23.2 Å². The predicted octanol–water partition coefficient (Wildman–Crippen LogP) is 4.58. The summed E-state index contributed by atoms with van der Waals surface area (Å²) in [6.45, 7) is 8.15. The molecule has 3 aromatic rings. The van der Waals surface area contributed by atoms with Crippen LogP contribution in [0.25, 0.3) is 11.2 Å². The molecule has 1 fully saturated rings. The molecule has 6 nitrogen and oxygen atoms in total. The molecule has 3 unspecified atom stereocenters. The van der Waals surface area contributed by atoms with Gasteiger partial charge in [-0.05, 0) is 37.3 Å². The molecule has 3 heterocycles. The molecule has 0 radical (unpaired) electrons. The van der Waals surface area contributed by atoms with Gasteiger partial charge in [-0.25, -0.2) is 19.0 Å². The number of hydrogen-bond donors (Lipinski definition) is 0. The van der Waals surface area contributed by atoms with Crippen LogP contribution < -0.4 is 4.90 Å². The fourth-order valence-electron chi connectivity index (χ4n) is 3.84. The number of halogens is 2. The number of aromatic nitrogens is 4. The first-order valence-corrected chi connectivity index (χ1v) is 10.1. The lowest BCUT2D eigenvalue weighted by molar-refractivity contribution is 0.322. The number of piperidine rings is 1. The van der Waals surface area contributed by atoms with Gasteiger partial charge in [-0.3, -0.25) is 0 Å². The van der Waals surface area contributed by atoms with E-state index >= 15 is 0 Å². The number of anilines is 1. The quantitative estimate of drug-likeness (QED) is 0.629. The van der Waals surface area contributed by atoms with Crippen LogP contribution in [0.4, 0.5) is 10.2 Å². The van der Waals surface area contributed by atoms with Crippen molar-refractivity contribution in [3.8, 4) is 6.07 Å². The van der Waals surface area contributed by atoms with Crippen molar-refractivity contribution in [3.05, 3.63) is 46.5 Å². The molecular formula is C21H22ClFN6. The highest BCUT2D eigenvalue weighted by atomic mass is 35.5. The summed E-state index contributed by atoms with van der Waals surface area (Å²) in [5, 5.41) is 14.2. The van der Waals surface area contributed by atoms with Gasteiger partial charge in [-0.15, -0.1) is 0 Å². The third kappa shape index (κ3) is 3.53. The minimum absolute atomic E-state index is 0.181. The van der Waals surface area contributed by atoms with Gasteiger partial charge in [0.05, 0.1) is 12.2 Å². The largest absolute Gasteiger partial charge is 0.355 e. The van der Waals surface area contributed by atoms with Crippen molar-refractivity contribution in [2.75, 3.05) is 18.0 Å². The third-order valence-electron chi connectivity index (χ3n) is 5.93. The first-order valence-electron chi connectivity index (χ1n) is 9.74. The highest BCUT2D eigenvalue weighted by Gasteiger charge is 2.26. The highest BCUT2D eigenvalue weighted by Crippen LogP contribution is 2.30. The Morgan fingerprint density at radius 2 is 2.10 bits per heavy atom. The fraction of sp³-hybridized carbons (Fsp3) is 0.429. The molecule has 150 valence electrons. The van der Waals surface area contributed by atoms with Gasteiger partial charge in [-0.1, -0.05) is 31.5 Å². The summed E-state index contributed by atoms with van der Waals surface area (Å²) in [6.07, 6.45) is 2.79. The molecule has 0 aliphatic carbocycles. The lowest BCUT2D eigenvalue weighted by atomic mass is 9.89. The molecule has 0 spiro atoms. The van der Waals surface area contributed by atoms with Crippen LogP contribution in [0.3, 0.4) is 0 Å². The standard InChI is InChI=1S/C21H22ClFN6/c1-12-6-7-28(11-13(12)2)19-10-25-20-18(9-24)27-29(21(20)26-19)14(3)16-5-4-15(22)8-17(16)23/h4-5,8,10,12-14H,6-7,11H2,1-3H3. The topological polar surface area (TPSA) is 70.6 Å². The van der Waals surface area contributed by atoms with Gasteiger partial charge in [0.25, 0.3) is 0 Å². The van der Waals surface area contributed by atoms with Crippen molar-refractivity contribution in [3.63, 3.8) is 0 Å². The lowest BCUT2D eigenvalue weighted by Crippen LogP contribution is -2.39. The van der Waals surface area contributed by atoms with E-state index in [2.05, 4.69) is 34.9 Å². The van der Waals surface area contributed by atoms with Gasteiger partial charge in [0.2, 0.25) is 0 Å². The number of hydrogen-bond acceptors (Lipinski definition) is 5. The molecule has 0 N–H and O–H groups in total. The van der Waals surface area contributed by atoms with Gasteiger partial charge < -0.3 is 4.90 Å². The maximum Gasteiger partial charge on any atom is 0.190 e. The summed E-state index contributed by atoms with van der Waals surface area (Å²) in [5.41, 5.74) is 1.51. The normalized spacial score (nSPS) is 20.6. The first-order chi connectivity index (χ1) is 13.9. The summed E-state index contributed by atoms with van der Waals surface area (Å²) in [5.74, 6) is 1.57. The number of nitrogens with zero attached hydrogens (tertiary/aromatic N) is 6. The molecular weight excluding hydrogens is 391 g/mol. The molecule has 0 bridgehead atoms. The Labute approximate surface area is 173 Å². The Balaban J connectivity index is 1.78. The van der Waals surface area contributed by atoms with Crippen LogP contribution >= 0.6 is 11.6 Å². The molecule has 0 amide bonds. The molecule has 1 saturated heterocycles. The minimum Gasteiger partial charge on any atom is -0.355 e. The molecule has 29 heavy (non-hydrogen) atoms. The number of nitriles is 1. The predicted molar refractivity (Wildman–Crippen MR) is 110 cm³/mol. The molecule has 4 rings (SSSR count). The summed E-state index contributed by atoms with van der Waals surface area (Å²) >= 11 is 5.88. The van der Waals surface area contributed by atoms with E-state index in [-0.39, 0.29) is 5.69 Å². The Kier molecular flexibility index (Phi) is 5.13. The van der Waals surface area contributed by atoms with Crippen molar-refractivity contribution < 1.29 is 4.39 Å². The highest BCUT2D eigenvalue weighted by molar-refractivity contribution is 6.30. The van der Waals surface area contributed by atoms with Gasteiger partial charge in [0.15, 0.2) is 11.3 Å². The Morgan fingerprint density at radius 3 is 2.79 bits per heavy atom. The summed E-state index contributed by atoms with van der Waals surface area (Å²) in [4.78, 5) is 11.5. The molecule has 8 heteroatoms. The van der Waals surface area contributed by atoms with E-state index < -0.39 is 11.9 Å². The lowest BCUT2D eigenvalue weighted by Gasteiger charge is -2.35. The first kappa shape index (κ1) is 19.6. The van der Waals surface area contributed by atoms with Crippen LogP contribution in [0.2, 0.25) is 5.02 Å². The maximum atomic E-state index is 14.5. The zero-order valence-electron chi connectivity index (χ0n) is 16.6. The third-order valence-corrected chi connectivity index (χ3v) is 6.17. The Hall–Kier alpha value is -2.72. The fourth-order valence-corrected chi connectivity index (χ4v) is 4.00. The minimum atomic E-state index is -0.471. The monoisotopic (exact) mass is 412 g/mol. The Bertz CT molecular complexity index is 1100. The smallest absolute Gasteiger partial charge is 0.190 e. The van der Waals surface area contributed by atoms with E-state index in [9.17, 15) is 9.65 Å². The average molecular weight is 413 g/mol. The van der Waals surface area contributed by atoms with E-state index in [1.54, 1.807) is 23.0 Å². The molecule has 1 aliphatic heterocycles. The molecule has 0 saturated carbocycles. The summed E-state index contributed by atoms with van der Waals surface area (Å²) in [7, 11) is 0. The second-order valence-electron chi connectivity index (χ2n) is 7.84. The second-order valence-corrected chi connectivity index (χ2v) is 8.27. The molecule has 1 aromatic carbocycles. The van der Waals surface area contributed by atoms with Crippen LogP contribution in [-0.4, -0.2) is 32.8 Å². The zero-order chi connectivity index (χ0) is 20.7. The van der Waals surface area contributed by atoms with E-state index in [1.807, 2.05) is 6.92 Å². The van der Waals surface area contributed by atoms with Crippen LogP contribution in [0.15, 0.2) is 24.4 Å². The van der Waals surface area contributed by atoms with Gasteiger partial charge in [-0.2, -0.15) is 10.4 Å². The number of benzene rings is 1. The molecule has 2 aromatic heterocycles. The van der Waals surface area contributed by atoms with E-state index in [4.69, 9.17) is 16.6 Å². The van der Waals surface area contributed by atoms with Crippen LogP contribution in [-0.2, 0) is 0 Å². The Morgan fingerprint density at radius 1 is 1.31 bits per heavy atom. The second kappa shape index (κ2) is 7.60. The van der Waals surface area contributed by atoms with Gasteiger partial charge in [0, 0.05) is 23.7 Å². The van der Waals surface area contributed by atoms with Crippen molar-refractivity contribution >= 4 is 28.6 Å². The summed E-state index contributed by atoms with van der Waals surface area (Å²) < 4.78 is 16.1. The number of fused-ring (bicyclic) bond motifs is 1.